The van der Waals surface area contributed by atoms with Gasteiger partial charge in [0.1, 0.15) is 0 Å². The molecule has 0 heterocycles. The predicted molar refractivity (Wildman–Crippen MR) is 76.0 cm³/mol. The molecule has 1 aromatic rings. The van der Waals surface area contributed by atoms with Gasteiger partial charge in [0.2, 0.25) is 0 Å². The van der Waals surface area contributed by atoms with Crippen LogP contribution in [0.2, 0.25) is 0 Å². The third-order valence-corrected chi connectivity index (χ3v) is 3.92. The van der Waals surface area contributed by atoms with E-state index in [9.17, 15) is 20.1 Å². The summed E-state index contributed by atoms with van der Waals surface area (Å²) in [4.78, 5) is 12.0. The highest BCUT2D eigenvalue weighted by Gasteiger charge is 2.28. The molecule has 6 heteroatoms. The number of hydrogen-bond acceptors (Lipinski definition) is 5. The molecule has 0 aromatic heterocycles. The first-order valence-electron chi connectivity index (χ1n) is 5.93. The summed E-state index contributed by atoms with van der Waals surface area (Å²) in [5.74, 6) is -1.03. The van der Waals surface area contributed by atoms with Crippen molar-refractivity contribution in [1.82, 2.24) is 0 Å². The van der Waals surface area contributed by atoms with Gasteiger partial charge in [0.15, 0.2) is 0 Å². The van der Waals surface area contributed by atoms with E-state index < -0.39 is 11.5 Å². The first kappa shape index (κ1) is 15.8. The Bertz CT molecular complexity index is 438. The van der Waals surface area contributed by atoms with E-state index in [-0.39, 0.29) is 18.8 Å². The number of benzene rings is 1. The van der Waals surface area contributed by atoms with Crippen LogP contribution >= 0.6 is 11.8 Å². The lowest BCUT2D eigenvalue weighted by Gasteiger charge is -2.31. The van der Waals surface area contributed by atoms with Crippen molar-refractivity contribution in [1.29, 1.82) is 0 Å². The fraction of sp³-hybridized carbons (Fsp3) is 0.462. The lowest BCUT2D eigenvalue weighted by molar-refractivity contribution is 0.0693. The van der Waals surface area contributed by atoms with Crippen molar-refractivity contribution in [3.05, 3.63) is 23.8 Å². The summed E-state index contributed by atoms with van der Waals surface area (Å²) < 4.78 is 0. The second-order valence-electron chi connectivity index (χ2n) is 4.26. The van der Waals surface area contributed by atoms with Crippen LogP contribution in [0.25, 0.3) is 0 Å². The molecule has 0 radical (unpaired) electrons. The minimum absolute atomic E-state index is 0.162. The van der Waals surface area contributed by atoms with Gasteiger partial charge < -0.3 is 20.6 Å². The molecule has 0 saturated heterocycles. The Balaban J connectivity index is 3.23. The van der Waals surface area contributed by atoms with Crippen LogP contribution in [-0.2, 0) is 0 Å². The summed E-state index contributed by atoms with van der Waals surface area (Å²) in [5, 5.41) is 31.1. The second kappa shape index (κ2) is 6.79. The van der Waals surface area contributed by atoms with E-state index in [0.29, 0.717) is 17.0 Å². The third kappa shape index (κ3) is 3.40. The van der Waals surface area contributed by atoms with Gasteiger partial charge in [-0.3, -0.25) is 0 Å². The lowest BCUT2D eigenvalue weighted by atomic mass is 9.97. The van der Waals surface area contributed by atoms with Crippen molar-refractivity contribution in [2.45, 2.75) is 23.8 Å². The zero-order valence-electron chi connectivity index (χ0n) is 11.0. The highest BCUT2D eigenvalue weighted by atomic mass is 32.2. The fourth-order valence-electron chi connectivity index (χ4n) is 1.75. The maximum atomic E-state index is 11.4. The Labute approximate surface area is 116 Å². The third-order valence-electron chi connectivity index (χ3n) is 3.14. The molecule has 0 aliphatic carbocycles. The van der Waals surface area contributed by atoms with Crippen LogP contribution in [0.3, 0.4) is 0 Å². The summed E-state index contributed by atoms with van der Waals surface area (Å²) in [6.45, 7) is 1.27. The normalized spacial score (nSPS) is 11.4. The van der Waals surface area contributed by atoms with Gasteiger partial charge in [0.25, 0.3) is 0 Å². The SMILES string of the molecule is CCC(CO)(CO)Nc1cccc(SC)c1C(=O)O. The number of aliphatic hydroxyl groups excluding tert-OH is 2. The first-order valence-corrected chi connectivity index (χ1v) is 7.16. The molecule has 1 rings (SSSR count). The molecule has 0 amide bonds. The Morgan fingerprint density at radius 1 is 1.37 bits per heavy atom. The van der Waals surface area contributed by atoms with Crippen molar-refractivity contribution in [2.24, 2.45) is 0 Å². The van der Waals surface area contributed by atoms with E-state index in [2.05, 4.69) is 5.32 Å². The summed E-state index contributed by atoms with van der Waals surface area (Å²) in [6.07, 6.45) is 2.28. The summed E-state index contributed by atoms with van der Waals surface area (Å²) in [6, 6.07) is 5.11. The smallest absolute Gasteiger partial charge is 0.338 e. The van der Waals surface area contributed by atoms with Crippen LogP contribution < -0.4 is 5.32 Å². The van der Waals surface area contributed by atoms with E-state index in [1.807, 2.05) is 6.92 Å². The molecule has 19 heavy (non-hydrogen) atoms. The van der Waals surface area contributed by atoms with E-state index in [1.54, 1.807) is 24.5 Å². The number of nitrogens with one attached hydrogen (secondary N) is 1. The Hall–Kier alpha value is -1.24. The van der Waals surface area contributed by atoms with Crippen LogP contribution in [0, 0.1) is 0 Å². The molecular formula is C13H19NO4S. The van der Waals surface area contributed by atoms with Crippen LogP contribution in [0.5, 0.6) is 0 Å². The van der Waals surface area contributed by atoms with Gasteiger partial charge in [-0.15, -0.1) is 11.8 Å². The topological polar surface area (TPSA) is 89.8 Å². The number of rotatable bonds is 7. The van der Waals surface area contributed by atoms with Gasteiger partial charge in [0.05, 0.1) is 30.0 Å². The van der Waals surface area contributed by atoms with E-state index in [4.69, 9.17) is 0 Å². The molecule has 0 saturated carbocycles. The molecule has 0 bridgehead atoms. The molecule has 106 valence electrons. The van der Waals surface area contributed by atoms with Crippen molar-refractivity contribution in [3.8, 4) is 0 Å². The van der Waals surface area contributed by atoms with Gasteiger partial charge >= 0.3 is 5.97 Å². The zero-order valence-corrected chi connectivity index (χ0v) is 11.8. The lowest BCUT2D eigenvalue weighted by Crippen LogP contribution is -2.45. The first-order chi connectivity index (χ1) is 9.03. The average Bonchev–Trinajstić information content (AvgIpc) is 2.44. The number of anilines is 1. The zero-order chi connectivity index (χ0) is 14.5. The molecule has 0 atom stereocenters. The molecule has 4 N–H and O–H groups in total. The Kier molecular flexibility index (Phi) is 5.65. The second-order valence-corrected chi connectivity index (χ2v) is 5.11. The van der Waals surface area contributed by atoms with Crippen LogP contribution in [0.15, 0.2) is 23.1 Å². The summed E-state index contributed by atoms with van der Waals surface area (Å²) >= 11 is 1.34. The number of aliphatic hydroxyl groups is 2. The van der Waals surface area contributed by atoms with E-state index in [1.165, 1.54) is 11.8 Å². The van der Waals surface area contributed by atoms with Crippen molar-refractivity contribution >= 4 is 23.4 Å². The highest BCUT2D eigenvalue weighted by Crippen LogP contribution is 2.29. The van der Waals surface area contributed by atoms with Crippen molar-refractivity contribution in [3.63, 3.8) is 0 Å². The van der Waals surface area contributed by atoms with E-state index >= 15 is 0 Å². The van der Waals surface area contributed by atoms with Gasteiger partial charge in [-0.05, 0) is 24.8 Å². The van der Waals surface area contributed by atoms with Crippen molar-refractivity contribution < 1.29 is 20.1 Å². The Morgan fingerprint density at radius 2 is 2.00 bits per heavy atom. The molecule has 1 aromatic carbocycles. The monoisotopic (exact) mass is 285 g/mol. The van der Waals surface area contributed by atoms with Crippen LogP contribution in [0.4, 0.5) is 5.69 Å². The quantitative estimate of drug-likeness (QED) is 0.570. The molecule has 0 fully saturated rings. The van der Waals surface area contributed by atoms with Gasteiger partial charge in [-0.2, -0.15) is 0 Å². The highest BCUT2D eigenvalue weighted by molar-refractivity contribution is 7.98. The summed E-state index contributed by atoms with van der Waals surface area (Å²) in [7, 11) is 0. The standard InChI is InChI=1S/C13H19NO4S/c1-3-13(7-15,8-16)14-9-5-4-6-10(19-2)11(9)12(17)18/h4-6,14-16H,3,7-8H2,1-2H3,(H,17,18). The largest absolute Gasteiger partial charge is 0.478 e. The minimum Gasteiger partial charge on any atom is -0.478 e. The molecule has 0 aliphatic rings. The molecule has 0 unspecified atom stereocenters. The number of carbonyl (C=O) groups is 1. The molecule has 0 aliphatic heterocycles. The number of aromatic carboxylic acids is 1. The maximum Gasteiger partial charge on any atom is 0.338 e. The fourth-order valence-corrected chi connectivity index (χ4v) is 2.37. The number of carboxylic acid groups (broad SMARTS) is 1. The van der Waals surface area contributed by atoms with Crippen LogP contribution in [0.1, 0.15) is 23.7 Å². The number of thioether (sulfide) groups is 1. The molecule has 0 spiro atoms. The molecular weight excluding hydrogens is 266 g/mol. The predicted octanol–water partition coefficient (Wildman–Crippen LogP) is 1.65. The molecule has 5 nitrogen and oxygen atoms in total. The summed E-state index contributed by atoms with van der Waals surface area (Å²) in [5.41, 5.74) is -0.347. The van der Waals surface area contributed by atoms with Crippen molar-refractivity contribution in [2.75, 3.05) is 24.8 Å². The van der Waals surface area contributed by atoms with Crippen LogP contribution in [-0.4, -0.2) is 46.3 Å². The average molecular weight is 285 g/mol. The van der Waals surface area contributed by atoms with Gasteiger partial charge in [0, 0.05) is 4.90 Å². The van der Waals surface area contributed by atoms with Gasteiger partial charge in [-0.25, -0.2) is 4.79 Å². The van der Waals surface area contributed by atoms with Gasteiger partial charge in [-0.1, -0.05) is 13.0 Å². The number of hydrogen-bond donors (Lipinski definition) is 4. The minimum atomic E-state index is -1.03. The Morgan fingerprint density at radius 3 is 2.42 bits per heavy atom. The number of carboxylic acids is 1. The van der Waals surface area contributed by atoms with E-state index in [0.717, 1.165) is 0 Å². The maximum absolute atomic E-state index is 11.4.